The van der Waals surface area contributed by atoms with E-state index in [1.807, 2.05) is 0 Å². The van der Waals surface area contributed by atoms with E-state index in [2.05, 4.69) is 107 Å². The Labute approximate surface area is 159 Å². The fraction of sp³-hybridized carbons (Fsp3) is 0.182. The van der Waals surface area contributed by atoms with Crippen LogP contribution in [0.25, 0.3) is 32.3 Å². The van der Waals surface area contributed by atoms with Gasteiger partial charge in [0.15, 0.2) is 0 Å². The lowest BCUT2D eigenvalue weighted by atomic mass is 9.85. The maximum absolute atomic E-state index is 3.81. The number of halogens is 2. The summed E-state index contributed by atoms with van der Waals surface area (Å²) in [7, 11) is 0. The van der Waals surface area contributed by atoms with Crippen LogP contribution in [-0.2, 0) is 5.41 Å². The summed E-state index contributed by atoms with van der Waals surface area (Å²) in [6.07, 6.45) is 0. The molecule has 0 atom stereocenters. The summed E-state index contributed by atoms with van der Waals surface area (Å²) in [5, 5.41) is 7.68. The summed E-state index contributed by atoms with van der Waals surface area (Å²) < 4.78 is 2.30. The van der Waals surface area contributed by atoms with Gasteiger partial charge in [0.1, 0.15) is 0 Å². The minimum absolute atomic E-state index is 0.145. The molecule has 0 N–H and O–H groups in total. The average Bonchev–Trinajstić information content (AvgIpc) is 2.55. The molecule has 0 amide bonds. The second-order valence-electron chi connectivity index (χ2n) is 7.37. The van der Waals surface area contributed by atoms with Gasteiger partial charge >= 0.3 is 0 Å². The Morgan fingerprint density at radius 2 is 1.12 bits per heavy atom. The highest BCUT2D eigenvalue weighted by molar-refractivity contribution is 9.11. The van der Waals surface area contributed by atoms with E-state index in [9.17, 15) is 0 Å². The van der Waals surface area contributed by atoms with Gasteiger partial charge in [-0.1, -0.05) is 89.0 Å². The van der Waals surface area contributed by atoms with Gasteiger partial charge in [0.25, 0.3) is 0 Å². The molecule has 0 bridgehead atoms. The van der Waals surface area contributed by atoms with Crippen molar-refractivity contribution in [2.75, 3.05) is 0 Å². The number of rotatable bonds is 0. The number of hydrogen-bond donors (Lipinski definition) is 0. The Balaban J connectivity index is 2.19. The lowest BCUT2D eigenvalue weighted by molar-refractivity contribution is 0.591. The molecule has 0 heterocycles. The smallest absolute Gasteiger partial charge is 0.0260 e. The van der Waals surface area contributed by atoms with E-state index in [4.69, 9.17) is 0 Å². The fourth-order valence-electron chi connectivity index (χ4n) is 3.38. The lowest BCUT2D eigenvalue weighted by Crippen LogP contribution is -2.10. The van der Waals surface area contributed by atoms with Crippen molar-refractivity contribution in [1.29, 1.82) is 0 Å². The molecule has 4 aromatic rings. The van der Waals surface area contributed by atoms with E-state index in [0.29, 0.717) is 0 Å². The summed E-state index contributed by atoms with van der Waals surface area (Å²) in [4.78, 5) is 0. The van der Waals surface area contributed by atoms with Gasteiger partial charge in [0.05, 0.1) is 0 Å². The summed E-state index contributed by atoms with van der Waals surface area (Å²) in [5.74, 6) is 0. The highest BCUT2D eigenvalue weighted by atomic mass is 79.9. The first kappa shape index (κ1) is 16.1. The Bertz CT molecular complexity index is 1100. The highest BCUT2D eigenvalue weighted by Crippen LogP contribution is 2.40. The molecule has 0 fully saturated rings. The molecule has 0 aliphatic rings. The number of benzene rings is 4. The maximum Gasteiger partial charge on any atom is 0.0260 e. The molecule has 0 aliphatic carbocycles. The molecule has 120 valence electrons. The van der Waals surface area contributed by atoms with Crippen molar-refractivity contribution in [1.82, 2.24) is 0 Å². The second-order valence-corrected chi connectivity index (χ2v) is 9.08. The molecule has 24 heavy (non-hydrogen) atoms. The van der Waals surface area contributed by atoms with E-state index in [1.165, 1.54) is 37.9 Å². The minimum atomic E-state index is 0.145. The van der Waals surface area contributed by atoms with E-state index >= 15 is 0 Å². The van der Waals surface area contributed by atoms with Crippen LogP contribution in [0.2, 0.25) is 0 Å². The van der Waals surface area contributed by atoms with Crippen LogP contribution in [-0.4, -0.2) is 0 Å². The molecule has 0 aliphatic heterocycles. The molecular weight excluding hydrogens is 424 g/mol. The van der Waals surface area contributed by atoms with Crippen LogP contribution < -0.4 is 0 Å². The summed E-state index contributed by atoms with van der Waals surface area (Å²) in [5.41, 5.74) is 1.50. The average molecular weight is 442 g/mol. The van der Waals surface area contributed by atoms with Gasteiger partial charge in [0, 0.05) is 8.95 Å². The van der Waals surface area contributed by atoms with Gasteiger partial charge in [-0.3, -0.25) is 0 Å². The van der Waals surface area contributed by atoms with Crippen molar-refractivity contribution in [3.63, 3.8) is 0 Å². The molecule has 0 aromatic heterocycles. The first-order chi connectivity index (χ1) is 11.4. The first-order valence-electron chi connectivity index (χ1n) is 8.10. The second kappa shape index (κ2) is 5.57. The van der Waals surface area contributed by atoms with Crippen LogP contribution in [0.15, 0.2) is 63.5 Å². The monoisotopic (exact) mass is 440 g/mol. The molecule has 4 rings (SSSR count). The Hall–Kier alpha value is -1.38. The van der Waals surface area contributed by atoms with E-state index in [-0.39, 0.29) is 5.41 Å². The van der Waals surface area contributed by atoms with E-state index < -0.39 is 0 Å². The van der Waals surface area contributed by atoms with Crippen LogP contribution in [0.4, 0.5) is 0 Å². The van der Waals surface area contributed by atoms with Crippen LogP contribution in [0.1, 0.15) is 26.3 Å². The van der Waals surface area contributed by atoms with Crippen molar-refractivity contribution in [3.8, 4) is 0 Å². The molecule has 0 unspecified atom stereocenters. The van der Waals surface area contributed by atoms with Crippen molar-refractivity contribution in [2.24, 2.45) is 0 Å². The quantitative estimate of drug-likeness (QED) is 0.242. The normalized spacial score (nSPS) is 12.4. The minimum Gasteiger partial charge on any atom is -0.0616 e. The van der Waals surface area contributed by atoms with Crippen molar-refractivity contribution >= 4 is 64.2 Å². The summed E-state index contributed by atoms with van der Waals surface area (Å²) in [6.45, 7) is 6.77. The van der Waals surface area contributed by atoms with Crippen LogP contribution in [0.5, 0.6) is 0 Å². The molecule has 2 heteroatoms. The third-order valence-electron chi connectivity index (χ3n) is 4.74. The van der Waals surface area contributed by atoms with Gasteiger partial charge in [0.2, 0.25) is 0 Å². The Kier molecular flexibility index (Phi) is 3.74. The highest BCUT2D eigenvalue weighted by Gasteiger charge is 2.16. The van der Waals surface area contributed by atoms with Gasteiger partial charge in [-0.15, -0.1) is 0 Å². The zero-order chi connectivity index (χ0) is 17.1. The third kappa shape index (κ3) is 2.48. The number of fused-ring (bicyclic) bond motifs is 5. The van der Waals surface area contributed by atoms with Gasteiger partial charge < -0.3 is 0 Å². The Morgan fingerprint density at radius 1 is 0.583 bits per heavy atom. The van der Waals surface area contributed by atoms with E-state index in [0.717, 1.165) is 8.95 Å². The molecule has 0 saturated heterocycles. The molecule has 0 spiro atoms. The molecule has 0 nitrogen and oxygen atoms in total. The topological polar surface area (TPSA) is 0 Å². The maximum atomic E-state index is 3.81. The summed E-state index contributed by atoms with van der Waals surface area (Å²) >= 11 is 7.57. The zero-order valence-corrected chi connectivity index (χ0v) is 17.1. The summed E-state index contributed by atoms with van der Waals surface area (Å²) in [6, 6.07) is 19.9. The van der Waals surface area contributed by atoms with Gasteiger partial charge in [-0.2, -0.15) is 0 Å². The van der Waals surface area contributed by atoms with Crippen LogP contribution in [0, 0.1) is 0 Å². The van der Waals surface area contributed by atoms with Crippen molar-refractivity contribution in [3.05, 3.63) is 69.1 Å². The first-order valence-corrected chi connectivity index (χ1v) is 9.68. The van der Waals surface area contributed by atoms with Crippen LogP contribution >= 0.6 is 31.9 Å². The molecule has 0 radical (unpaired) electrons. The molecular formula is C22H18Br2. The standard InChI is InChI=1S/C22H18Br2/c1-22(2,3)13-8-9-15-18-11-20(23)16-7-5-4-6-14(16)17(18)12-21(24)19(15)10-13/h4-12H,1-3H3. The molecule has 0 saturated carbocycles. The van der Waals surface area contributed by atoms with Crippen molar-refractivity contribution < 1.29 is 0 Å². The fourth-order valence-corrected chi connectivity index (χ4v) is 4.51. The predicted molar refractivity (Wildman–Crippen MR) is 113 cm³/mol. The van der Waals surface area contributed by atoms with Gasteiger partial charge in [-0.25, -0.2) is 0 Å². The third-order valence-corrected chi connectivity index (χ3v) is 6.05. The number of hydrogen-bond acceptors (Lipinski definition) is 0. The predicted octanol–water partition coefficient (Wildman–Crippen LogP) is 7.97. The zero-order valence-electron chi connectivity index (χ0n) is 14.0. The Morgan fingerprint density at radius 3 is 1.75 bits per heavy atom. The molecule has 4 aromatic carbocycles. The van der Waals surface area contributed by atoms with Crippen LogP contribution in [0.3, 0.4) is 0 Å². The van der Waals surface area contributed by atoms with Crippen molar-refractivity contribution in [2.45, 2.75) is 26.2 Å². The lowest BCUT2D eigenvalue weighted by Gasteiger charge is -2.20. The van der Waals surface area contributed by atoms with E-state index in [1.54, 1.807) is 0 Å². The largest absolute Gasteiger partial charge is 0.0616 e. The SMILES string of the molecule is CC(C)(C)c1ccc2c(c1)c(Br)cc1c3ccccc3c(Br)cc21. The van der Waals surface area contributed by atoms with Gasteiger partial charge in [-0.05, 0) is 61.5 Å².